The lowest BCUT2D eigenvalue weighted by Crippen LogP contribution is -2.23. The van der Waals surface area contributed by atoms with Crippen LogP contribution in [0.1, 0.15) is 33.1 Å². The number of rotatable bonds is 6. The first-order valence-electron chi connectivity index (χ1n) is 6.28. The van der Waals surface area contributed by atoms with Crippen LogP contribution in [0.2, 0.25) is 0 Å². The quantitative estimate of drug-likeness (QED) is 0.421. The molecule has 0 heterocycles. The fraction of sp³-hybridized carbons (Fsp3) is 0.692. The second kappa shape index (κ2) is 6.54. The predicted molar refractivity (Wildman–Crippen MR) is 70.2 cm³/mol. The number of carbonyl (C=O) groups is 1. The summed E-state index contributed by atoms with van der Waals surface area (Å²) in [6.07, 6.45) is 1.98. The second-order valence-corrected chi connectivity index (χ2v) is 4.53. The largest absolute Gasteiger partial charge is 0.461 e. The van der Waals surface area contributed by atoms with Gasteiger partial charge in [-0.15, -0.1) is 0 Å². The smallest absolute Gasteiger partial charge is 0.354 e. The van der Waals surface area contributed by atoms with Crippen molar-refractivity contribution in [2.24, 2.45) is 16.6 Å². The minimum atomic E-state index is -0.543. The summed E-state index contributed by atoms with van der Waals surface area (Å²) >= 11 is 0. The summed E-state index contributed by atoms with van der Waals surface area (Å²) in [5.41, 5.74) is 7.12. The minimum Gasteiger partial charge on any atom is -0.461 e. The van der Waals surface area contributed by atoms with E-state index in [9.17, 15) is 9.90 Å². The van der Waals surface area contributed by atoms with E-state index in [1.165, 1.54) is 0 Å². The van der Waals surface area contributed by atoms with Gasteiger partial charge in [0.15, 0.2) is 0 Å². The zero-order valence-corrected chi connectivity index (χ0v) is 11.3. The topological polar surface area (TPSA) is 84.9 Å². The molecule has 0 spiro atoms. The van der Waals surface area contributed by atoms with Crippen LogP contribution < -0.4 is 5.73 Å². The van der Waals surface area contributed by atoms with E-state index in [4.69, 9.17) is 10.5 Å². The van der Waals surface area contributed by atoms with Gasteiger partial charge in [0.2, 0.25) is 0 Å². The Morgan fingerprint density at radius 2 is 2.17 bits per heavy atom. The summed E-state index contributed by atoms with van der Waals surface area (Å²) in [6.45, 7) is 3.78. The number of aliphatic hydroxyl groups is 1. The summed E-state index contributed by atoms with van der Waals surface area (Å²) in [6, 6.07) is 0. The third-order valence-corrected chi connectivity index (χ3v) is 3.17. The Balaban J connectivity index is 2.88. The van der Waals surface area contributed by atoms with E-state index < -0.39 is 12.1 Å². The van der Waals surface area contributed by atoms with Gasteiger partial charge >= 0.3 is 5.97 Å². The van der Waals surface area contributed by atoms with Crippen molar-refractivity contribution in [3.63, 3.8) is 0 Å². The Morgan fingerprint density at radius 3 is 2.61 bits per heavy atom. The molecule has 18 heavy (non-hydrogen) atoms. The maximum absolute atomic E-state index is 11.6. The Labute approximate surface area is 108 Å². The molecule has 1 saturated carbocycles. The first-order chi connectivity index (χ1) is 8.51. The highest BCUT2D eigenvalue weighted by molar-refractivity contribution is 6.05. The van der Waals surface area contributed by atoms with E-state index in [2.05, 4.69) is 4.99 Å². The standard InChI is InChI=1S/C13H22N2O3/c1-4-18-13(17)12(14)10(8(2)15-3)7-11(16)9-5-6-9/h9,11,16H,4-7,14H2,1-3H3/b12-10-,15-8?. The summed E-state index contributed by atoms with van der Waals surface area (Å²) in [4.78, 5) is 15.7. The van der Waals surface area contributed by atoms with E-state index in [1.54, 1.807) is 20.9 Å². The molecule has 1 atom stereocenters. The van der Waals surface area contributed by atoms with Crippen molar-refractivity contribution < 1.29 is 14.6 Å². The fourth-order valence-corrected chi connectivity index (χ4v) is 1.78. The van der Waals surface area contributed by atoms with Crippen molar-refractivity contribution in [3.05, 3.63) is 11.3 Å². The molecule has 5 heteroatoms. The van der Waals surface area contributed by atoms with Crippen LogP contribution in [0.25, 0.3) is 0 Å². The number of aliphatic hydroxyl groups excluding tert-OH is 1. The van der Waals surface area contributed by atoms with Crippen LogP contribution >= 0.6 is 0 Å². The molecule has 0 amide bonds. The molecule has 1 fully saturated rings. The molecule has 0 aromatic carbocycles. The van der Waals surface area contributed by atoms with Gasteiger partial charge in [-0.05, 0) is 32.6 Å². The summed E-state index contributed by atoms with van der Waals surface area (Å²) < 4.78 is 4.88. The SMILES string of the molecule is CCOC(=O)/C(N)=C(\CC(O)C1CC1)C(C)=NC. The van der Waals surface area contributed by atoms with Crippen molar-refractivity contribution >= 4 is 11.7 Å². The van der Waals surface area contributed by atoms with Crippen LogP contribution in [0.3, 0.4) is 0 Å². The van der Waals surface area contributed by atoms with E-state index in [0.29, 0.717) is 23.6 Å². The van der Waals surface area contributed by atoms with Crippen molar-refractivity contribution in [1.82, 2.24) is 0 Å². The Bertz CT molecular complexity index is 370. The maximum Gasteiger partial charge on any atom is 0.354 e. The van der Waals surface area contributed by atoms with Crippen LogP contribution in [0.5, 0.6) is 0 Å². The summed E-state index contributed by atoms with van der Waals surface area (Å²) in [7, 11) is 1.64. The van der Waals surface area contributed by atoms with Crippen LogP contribution in [0, 0.1) is 5.92 Å². The number of hydrogen-bond acceptors (Lipinski definition) is 5. The molecule has 5 nitrogen and oxygen atoms in total. The molecule has 0 saturated heterocycles. The third kappa shape index (κ3) is 3.84. The molecule has 1 unspecified atom stereocenters. The predicted octanol–water partition coefficient (Wildman–Crippen LogP) is 1.01. The second-order valence-electron chi connectivity index (χ2n) is 4.53. The highest BCUT2D eigenvalue weighted by atomic mass is 16.5. The molecule has 0 bridgehead atoms. The first kappa shape index (κ1) is 14.7. The van der Waals surface area contributed by atoms with Gasteiger partial charge in [0, 0.05) is 24.8 Å². The van der Waals surface area contributed by atoms with Gasteiger partial charge in [0.1, 0.15) is 5.70 Å². The van der Waals surface area contributed by atoms with Gasteiger partial charge in [-0.25, -0.2) is 4.79 Å². The van der Waals surface area contributed by atoms with Gasteiger partial charge in [-0.2, -0.15) is 0 Å². The van der Waals surface area contributed by atoms with Crippen LogP contribution in [-0.2, 0) is 9.53 Å². The summed E-state index contributed by atoms with van der Waals surface area (Å²) in [5.74, 6) is -0.210. The molecule has 0 radical (unpaired) electrons. The molecule has 0 aromatic rings. The molecule has 3 N–H and O–H groups in total. The highest BCUT2D eigenvalue weighted by Crippen LogP contribution is 2.35. The maximum atomic E-state index is 11.6. The van der Waals surface area contributed by atoms with Gasteiger partial charge in [-0.1, -0.05) is 0 Å². The molecular formula is C13H22N2O3. The molecule has 1 aliphatic rings. The molecule has 1 rings (SSSR count). The Hall–Kier alpha value is -1.36. The number of carbonyl (C=O) groups excluding carboxylic acids is 1. The number of ether oxygens (including phenoxy) is 1. The minimum absolute atomic E-state index is 0.0552. The third-order valence-electron chi connectivity index (χ3n) is 3.17. The zero-order chi connectivity index (χ0) is 13.7. The number of nitrogens with two attached hydrogens (primary N) is 1. The highest BCUT2D eigenvalue weighted by Gasteiger charge is 2.31. The van der Waals surface area contributed by atoms with E-state index >= 15 is 0 Å². The number of aliphatic imine (C=N–C) groups is 1. The number of esters is 1. The van der Waals surface area contributed by atoms with Crippen molar-refractivity contribution in [2.45, 2.75) is 39.2 Å². The molecule has 0 aromatic heterocycles. The summed E-state index contributed by atoms with van der Waals surface area (Å²) in [5, 5.41) is 9.97. The monoisotopic (exact) mass is 254 g/mol. The Kier molecular flexibility index (Phi) is 5.34. The average molecular weight is 254 g/mol. The van der Waals surface area contributed by atoms with E-state index in [1.807, 2.05) is 0 Å². The lowest BCUT2D eigenvalue weighted by Gasteiger charge is -2.15. The van der Waals surface area contributed by atoms with Gasteiger partial charge in [0.25, 0.3) is 0 Å². The van der Waals surface area contributed by atoms with Gasteiger partial charge in [0.05, 0.1) is 12.7 Å². The van der Waals surface area contributed by atoms with Crippen LogP contribution in [0.4, 0.5) is 0 Å². The molecule has 1 aliphatic carbocycles. The van der Waals surface area contributed by atoms with Crippen LogP contribution in [-0.4, -0.2) is 36.5 Å². The number of nitrogens with zero attached hydrogens (tertiary/aromatic N) is 1. The zero-order valence-electron chi connectivity index (χ0n) is 11.3. The first-order valence-corrected chi connectivity index (χ1v) is 6.28. The van der Waals surface area contributed by atoms with Crippen LogP contribution in [0.15, 0.2) is 16.3 Å². The van der Waals surface area contributed by atoms with E-state index in [-0.39, 0.29) is 12.3 Å². The van der Waals surface area contributed by atoms with Crippen molar-refractivity contribution in [3.8, 4) is 0 Å². The number of hydrogen-bond donors (Lipinski definition) is 2. The van der Waals surface area contributed by atoms with Gasteiger partial charge in [-0.3, -0.25) is 4.99 Å². The lowest BCUT2D eigenvalue weighted by atomic mass is 9.99. The Morgan fingerprint density at radius 1 is 1.56 bits per heavy atom. The molecule has 0 aliphatic heterocycles. The molecular weight excluding hydrogens is 232 g/mol. The lowest BCUT2D eigenvalue weighted by molar-refractivity contribution is -0.138. The van der Waals surface area contributed by atoms with Crippen molar-refractivity contribution in [2.75, 3.05) is 13.7 Å². The molecule has 102 valence electrons. The normalized spacial score (nSPS) is 19.2. The van der Waals surface area contributed by atoms with Gasteiger partial charge < -0.3 is 15.6 Å². The van der Waals surface area contributed by atoms with E-state index in [0.717, 1.165) is 12.8 Å². The fourth-order valence-electron chi connectivity index (χ4n) is 1.78. The average Bonchev–Trinajstić information content (AvgIpc) is 3.18. The van der Waals surface area contributed by atoms with Crippen molar-refractivity contribution in [1.29, 1.82) is 0 Å².